The summed E-state index contributed by atoms with van der Waals surface area (Å²) in [7, 11) is 1.40. The molecule has 0 fully saturated rings. The van der Waals surface area contributed by atoms with E-state index in [0.717, 1.165) is 47.6 Å². The first-order chi connectivity index (χ1) is 12.0. The molecule has 1 aromatic carbocycles. The molecule has 3 N–H and O–H groups in total. The Morgan fingerprint density at radius 3 is 2.52 bits per heavy atom. The van der Waals surface area contributed by atoms with Gasteiger partial charge in [0.05, 0.1) is 13.5 Å². The summed E-state index contributed by atoms with van der Waals surface area (Å²) in [5.74, 6) is 0.851. The summed E-state index contributed by atoms with van der Waals surface area (Å²) < 4.78 is 4.69. The predicted molar refractivity (Wildman–Crippen MR) is 99.5 cm³/mol. The predicted octanol–water partition coefficient (Wildman–Crippen LogP) is 2.89. The zero-order valence-corrected chi connectivity index (χ0v) is 15.1. The number of aryl methyl sites for hydroxylation is 1. The Labute approximate surface area is 148 Å². The molecule has 0 unspecified atom stereocenters. The van der Waals surface area contributed by atoms with Crippen molar-refractivity contribution in [2.75, 3.05) is 24.7 Å². The number of anilines is 2. The van der Waals surface area contributed by atoms with Crippen LogP contribution in [0.4, 0.5) is 11.8 Å². The molecule has 0 aliphatic heterocycles. The summed E-state index contributed by atoms with van der Waals surface area (Å²) in [6.07, 6.45) is 3.18. The van der Waals surface area contributed by atoms with Crippen molar-refractivity contribution in [3.05, 3.63) is 46.6 Å². The van der Waals surface area contributed by atoms with Crippen molar-refractivity contribution in [2.24, 2.45) is 0 Å². The maximum Gasteiger partial charge on any atom is 0.309 e. The highest BCUT2D eigenvalue weighted by Crippen LogP contribution is 2.21. The van der Waals surface area contributed by atoms with E-state index >= 15 is 0 Å². The number of ether oxygens (including phenoxy) is 1. The third kappa shape index (κ3) is 5.45. The van der Waals surface area contributed by atoms with Crippen LogP contribution in [-0.2, 0) is 22.4 Å². The second-order valence-corrected chi connectivity index (χ2v) is 6.02. The van der Waals surface area contributed by atoms with E-state index in [4.69, 9.17) is 10.5 Å². The maximum absolute atomic E-state index is 11.3. The van der Waals surface area contributed by atoms with Gasteiger partial charge in [0.2, 0.25) is 5.95 Å². The summed E-state index contributed by atoms with van der Waals surface area (Å²) in [5.41, 5.74) is 9.79. The molecule has 2 rings (SSSR count). The molecule has 2 aromatic rings. The van der Waals surface area contributed by atoms with E-state index in [1.54, 1.807) is 0 Å². The number of nitrogens with one attached hydrogen (secondary N) is 1. The van der Waals surface area contributed by atoms with Crippen molar-refractivity contribution in [3.8, 4) is 0 Å². The lowest BCUT2D eigenvalue weighted by molar-refractivity contribution is -0.139. The van der Waals surface area contributed by atoms with Crippen LogP contribution in [0, 0.1) is 6.92 Å². The summed E-state index contributed by atoms with van der Waals surface area (Å²) in [4.78, 5) is 20.0. The van der Waals surface area contributed by atoms with Crippen LogP contribution < -0.4 is 11.1 Å². The molecule has 0 bridgehead atoms. The Balaban J connectivity index is 2.16. The highest BCUT2D eigenvalue weighted by molar-refractivity contribution is 5.72. The molecule has 6 nitrogen and oxygen atoms in total. The van der Waals surface area contributed by atoms with Crippen LogP contribution in [0.5, 0.6) is 0 Å². The van der Waals surface area contributed by atoms with E-state index in [0.29, 0.717) is 6.42 Å². The summed E-state index contributed by atoms with van der Waals surface area (Å²) in [6.45, 7) is 4.96. The van der Waals surface area contributed by atoms with Crippen LogP contribution in [0.25, 0.3) is 0 Å². The number of benzene rings is 1. The van der Waals surface area contributed by atoms with Gasteiger partial charge in [0.25, 0.3) is 0 Å². The second kappa shape index (κ2) is 9.01. The molecule has 1 heterocycles. The van der Waals surface area contributed by atoms with Crippen LogP contribution in [0.1, 0.15) is 42.1 Å². The zero-order chi connectivity index (χ0) is 18.2. The molecule has 0 atom stereocenters. The number of carbonyl (C=O) groups excluding carboxylic acids is 1. The van der Waals surface area contributed by atoms with Crippen molar-refractivity contribution in [3.63, 3.8) is 0 Å². The number of aromatic nitrogens is 2. The van der Waals surface area contributed by atoms with Gasteiger partial charge in [-0.1, -0.05) is 37.6 Å². The highest BCUT2D eigenvalue weighted by Gasteiger charge is 2.12. The topological polar surface area (TPSA) is 90.1 Å². The van der Waals surface area contributed by atoms with Gasteiger partial charge in [-0.25, -0.2) is 4.98 Å². The van der Waals surface area contributed by atoms with Gasteiger partial charge in [0.15, 0.2) is 0 Å². The monoisotopic (exact) mass is 342 g/mol. The molecule has 6 heteroatoms. The standard InChI is InChI=1S/C19H26N4O2/c1-4-5-10-21-18-16(13(2)22-19(20)23-18)11-14-6-8-15(9-7-14)12-17(24)25-3/h6-9H,4-5,10-12H2,1-3H3,(H3,20,21,22,23). The number of methoxy groups -OCH3 is 1. The minimum atomic E-state index is -0.238. The number of hydrogen-bond acceptors (Lipinski definition) is 6. The van der Waals surface area contributed by atoms with E-state index in [9.17, 15) is 4.79 Å². The Morgan fingerprint density at radius 1 is 1.20 bits per heavy atom. The fraction of sp³-hybridized carbons (Fsp3) is 0.421. The van der Waals surface area contributed by atoms with Gasteiger partial charge in [-0.2, -0.15) is 4.98 Å². The molecular formula is C19H26N4O2. The smallest absolute Gasteiger partial charge is 0.309 e. The number of nitrogens with two attached hydrogens (primary N) is 1. The minimum Gasteiger partial charge on any atom is -0.469 e. The number of carbonyl (C=O) groups is 1. The Hall–Kier alpha value is -2.63. The van der Waals surface area contributed by atoms with Crippen molar-refractivity contribution in [2.45, 2.75) is 39.5 Å². The van der Waals surface area contributed by atoms with E-state index < -0.39 is 0 Å². The first-order valence-corrected chi connectivity index (χ1v) is 8.55. The van der Waals surface area contributed by atoms with Gasteiger partial charge in [-0.15, -0.1) is 0 Å². The number of hydrogen-bond donors (Lipinski definition) is 2. The molecule has 25 heavy (non-hydrogen) atoms. The van der Waals surface area contributed by atoms with E-state index in [1.165, 1.54) is 7.11 Å². The molecule has 0 saturated carbocycles. The molecule has 0 saturated heterocycles. The molecule has 0 amide bonds. The Kier molecular flexibility index (Phi) is 6.74. The van der Waals surface area contributed by atoms with Crippen LogP contribution in [0.2, 0.25) is 0 Å². The van der Waals surface area contributed by atoms with Gasteiger partial charge in [0, 0.05) is 24.2 Å². The third-order valence-corrected chi connectivity index (χ3v) is 4.03. The average Bonchev–Trinajstić information content (AvgIpc) is 2.59. The minimum absolute atomic E-state index is 0.238. The van der Waals surface area contributed by atoms with Gasteiger partial charge < -0.3 is 15.8 Å². The largest absolute Gasteiger partial charge is 0.469 e. The SMILES string of the molecule is CCCCNc1nc(N)nc(C)c1Cc1ccc(CC(=O)OC)cc1. The lowest BCUT2D eigenvalue weighted by Crippen LogP contribution is -2.11. The summed E-state index contributed by atoms with van der Waals surface area (Å²) >= 11 is 0. The second-order valence-electron chi connectivity index (χ2n) is 6.02. The van der Waals surface area contributed by atoms with E-state index in [1.807, 2.05) is 31.2 Å². The van der Waals surface area contributed by atoms with Gasteiger partial charge in [0.1, 0.15) is 5.82 Å². The number of nitrogens with zero attached hydrogens (tertiary/aromatic N) is 2. The summed E-state index contributed by atoms with van der Waals surface area (Å²) in [5, 5.41) is 3.37. The lowest BCUT2D eigenvalue weighted by atomic mass is 10.0. The van der Waals surface area contributed by atoms with Crippen LogP contribution in [-0.4, -0.2) is 29.6 Å². The van der Waals surface area contributed by atoms with Crippen LogP contribution >= 0.6 is 0 Å². The highest BCUT2D eigenvalue weighted by atomic mass is 16.5. The Bertz CT molecular complexity index is 714. The number of rotatable bonds is 8. The molecule has 1 aromatic heterocycles. The zero-order valence-electron chi connectivity index (χ0n) is 15.1. The molecule has 0 spiro atoms. The average molecular weight is 342 g/mol. The quantitative estimate of drug-likeness (QED) is 0.566. The van der Waals surface area contributed by atoms with Gasteiger partial charge in [-0.3, -0.25) is 4.79 Å². The number of unbranched alkanes of at least 4 members (excludes halogenated alkanes) is 1. The first kappa shape index (κ1) is 18.7. The van der Waals surface area contributed by atoms with Crippen LogP contribution in [0.15, 0.2) is 24.3 Å². The molecule has 0 radical (unpaired) electrons. The number of nitrogen functional groups attached to an aromatic ring is 1. The third-order valence-electron chi connectivity index (χ3n) is 4.03. The first-order valence-electron chi connectivity index (χ1n) is 8.55. The van der Waals surface area contributed by atoms with Crippen molar-refractivity contribution in [1.82, 2.24) is 9.97 Å². The van der Waals surface area contributed by atoms with Gasteiger partial charge >= 0.3 is 5.97 Å². The molecule has 0 aliphatic rings. The van der Waals surface area contributed by atoms with E-state index in [-0.39, 0.29) is 18.3 Å². The maximum atomic E-state index is 11.3. The lowest BCUT2D eigenvalue weighted by Gasteiger charge is -2.14. The molecule has 134 valence electrons. The fourth-order valence-electron chi connectivity index (χ4n) is 2.58. The van der Waals surface area contributed by atoms with E-state index in [2.05, 4.69) is 22.2 Å². The van der Waals surface area contributed by atoms with Crippen molar-refractivity contribution < 1.29 is 9.53 Å². The number of esters is 1. The van der Waals surface area contributed by atoms with Crippen molar-refractivity contribution in [1.29, 1.82) is 0 Å². The normalized spacial score (nSPS) is 10.5. The molecular weight excluding hydrogens is 316 g/mol. The Morgan fingerprint density at radius 2 is 1.88 bits per heavy atom. The molecule has 0 aliphatic carbocycles. The summed E-state index contributed by atoms with van der Waals surface area (Å²) in [6, 6.07) is 7.93. The van der Waals surface area contributed by atoms with Crippen molar-refractivity contribution >= 4 is 17.7 Å². The van der Waals surface area contributed by atoms with Gasteiger partial charge in [-0.05, 0) is 24.5 Å². The van der Waals surface area contributed by atoms with Crippen LogP contribution in [0.3, 0.4) is 0 Å². The fourth-order valence-corrected chi connectivity index (χ4v) is 2.58.